The highest BCUT2D eigenvalue weighted by Crippen LogP contribution is 1.96. The SMILES string of the molecule is C=C(C(=N)CC)[N+](=O)[O-]. The lowest BCUT2D eigenvalue weighted by atomic mass is 10.2. The summed E-state index contributed by atoms with van der Waals surface area (Å²) in [7, 11) is 0. The Morgan fingerprint density at radius 3 is 2.44 bits per heavy atom. The first-order valence-corrected chi connectivity index (χ1v) is 2.50. The van der Waals surface area contributed by atoms with Crippen LogP contribution in [0.15, 0.2) is 12.3 Å². The Kier molecular flexibility index (Phi) is 2.57. The van der Waals surface area contributed by atoms with Gasteiger partial charge in [-0.15, -0.1) is 0 Å². The van der Waals surface area contributed by atoms with Crippen LogP contribution in [0.4, 0.5) is 0 Å². The monoisotopic (exact) mass is 128 g/mol. The molecule has 0 aliphatic heterocycles. The summed E-state index contributed by atoms with van der Waals surface area (Å²) in [6, 6.07) is 0. The van der Waals surface area contributed by atoms with Gasteiger partial charge in [0.1, 0.15) is 5.71 Å². The molecule has 0 saturated carbocycles. The molecule has 9 heavy (non-hydrogen) atoms. The molecule has 0 fully saturated rings. The molecular weight excluding hydrogens is 120 g/mol. The van der Waals surface area contributed by atoms with Crippen molar-refractivity contribution in [1.82, 2.24) is 0 Å². The zero-order chi connectivity index (χ0) is 7.44. The third-order valence-corrected chi connectivity index (χ3v) is 0.922. The zero-order valence-corrected chi connectivity index (χ0v) is 5.18. The molecule has 0 spiro atoms. The van der Waals surface area contributed by atoms with E-state index in [-0.39, 0.29) is 11.4 Å². The number of hydrogen-bond acceptors (Lipinski definition) is 3. The van der Waals surface area contributed by atoms with Gasteiger partial charge in [0.05, 0.1) is 4.92 Å². The average molecular weight is 128 g/mol. The first kappa shape index (κ1) is 7.81. The van der Waals surface area contributed by atoms with Gasteiger partial charge in [-0.3, -0.25) is 15.5 Å². The second kappa shape index (κ2) is 2.96. The van der Waals surface area contributed by atoms with Gasteiger partial charge in [0.15, 0.2) is 0 Å². The van der Waals surface area contributed by atoms with E-state index in [4.69, 9.17) is 5.41 Å². The summed E-state index contributed by atoms with van der Waals surface area (Å²) in [6.45, 7) is 4.78. The lowest BCUT2D eigenvalue weighted by Gasteiger charge is -1.92. The molecule has 0 aliphatic rings. The minimum Gasteiger partial charge on any atom is -0.298 e. The Labute approximate surface area is 52.8 Å². The maximum Gasteiger partial charge on any atom is 0.282 e. The number of nitro groups is 1. The molecule has 4 nitrogen and oxygen atoms in total. The van der Waals surface area contributed by atoms with E-state index in [0.29, 0.717) is 6.42 Å². The predicted molar refractivity (Wildman–Crippen MR) is 34.2 cm³/mol. The summed E-state index contributed by atoms with van der Waals surface area (Å²) in [5, 5.41) is 16.8. The summed E-state index contributed by atoms with van der Waals surface area (Å²) in [5.41, 5.74) is -0.322. The van der Waals surface area contributed by atoms with Crippen LogP contribution >= 0.6 is 0 Å². The Hall–Kier alpha value is -1.19. The van der Waals surface area contributed by atoms with Gasteiger partial charge in [0.2, 0.25) is 0 Å². The van der Waals surface area contributed by atoms with Crippen LogP contribution < -0.4 is 0 Å². The Morgan fingerprint density at radius 1 is 1.89 bits per heavy atom. The Balaban J connectivity index is 4.05. The van der Waals surface area contributed by atoms with Crippen molar-refractivity contribution in [3.8, 4) is 0 Å². The fourth-order valence-corrected chi connectivity index (χ4v) is 0.314. The van der Waals surface area contributed by atoms with Gasteiger partial charge < -0.3 is 0 Å². The number of nitrogens with one attached hydrogen (secondary N) is 1. The quantitative estimate of drug-likeness (QED) is 0.352. The van der Waals surface area contributed by atoms with Gasteiger partial charge in [0.25, 0.3) is 5.70 Å². The standard InChI is InChI=1S/C5H8N2O2/c1-3-5(6)4(2)7(8)9/h6H,2-3H2,1H3. The largest absolute Gasteiger partial charge is 0.298 e. The topological polar surface area (TPSA) is 67.0 Å². The molecule has 4 heteroatoms. The van der Waals surface area contributed by atoms with E-state index in [9.17, 15) is 10.1 Å². The van der Waals surface area contributed by atoms with E-state index in [1.165, 1.54) is 0 Å². The molecule has 0 unspecified atom stereocenters. The molecule has 0 amide bonds. The van der Waals surface area contributed by atoms with Crippen molar-refractivity contribution in [3.63, 3.8) is 0 Å². The van der Waals surface area contributed by atoms with Gasteiger partial charge in [-0.2, -0.15) is 0 Å². The van der Waals surface area contributed by atoms with Crippen molar-refractivity contribution in [2.24, 2.45) is 0 Å². The number of allylic oxidation sites excluding steroid dienone is 1. The molecule has 0 aliphatic carbocycles. The molecule has 0 aromatic heterocycles. The zero-order valence-electron chi connectivity index (χ0n) is 5.18. The fraction of sp³-hybridized carbons (Fsp3) is 0.400. The lowest BCUT2D eigenvalue weighted by Crippen LogP contribution is -2.07. The van der Waals surface area contributed by atoms with Gasteiger partial charge in [-0.1, -0.05) is 6.92 Å². The van der Waals surface area contributed by atoms with Crippen LogP contribution in [0.1, 0.15) is 13.3 Å². The van der Waals surface area contributed by atoms with E-state index < -0.39 is 4.92 Å². The second-order valence-corrected chi connectivity index (χ2v) is 1.54. The van der Waals surface area contributed by atoms with Crippen LogP contribution in [0.2, 0.25) is 0 Å². The summed E-state index contributed by atoms with van der Waals surface area (Å²) in [4.78, 5) is 9.22. The molecular formula is C5H8N2O2. The van der Waals surface area contributed by atoms with Crippen LogP contribution in [-0.4, -0.2) is 10.6 Å². The molecule has 1 N–H and O–H groups in total. The van der Waals surface area contributed by atoms with Crippen LogP contribution in [0, 0.1) is 15.5 Å². The molecule has 0 heterocycles. The highest BCUT2D eigenvalue weighted by Gasteiger charge is 2.10. The van der Waals surface area contributed by atoms with Crippen LogP contribution in [0.5, 0.6) is 0 Å². The Morgan fingerprint density at radius 2 is 2.33 bits per heavy atom. The third-order valence-electron chi connectivity index (χ3n) is 0.922. The van der Waals surface area contributed by atoms with Crippen LogP contribution in [0.25, 0.3) is 0 Å². The maximum absolute atomic E-state index is 9.86. The Bertz CT molecular complexity index is 162. The molecule has 0 atom stereocenters. The summed E-state index contributed by atoms with van der Waals surface area (Å²) >= 11 is 0. The molecule has 0 aromatic carbocycles. The van der Waals surface area contributed by atoms with Gasteiger partial charge in [-0.05, 0) is 13.0 Å². The van der Waals surface area contributed by atoms with Crippen molar-refractivity contribution in [1.29, 1.82) is 5.41 Å². The normalized spacial score (nSPS) is 8.56. The minimum atomic E-state index is -0.647. The number of rotatable bonds is 3. The van der Waals surface area contributed by atoms with Crippen LogP contribution in [-0.2, 0) is 0 Å². The van der Waals surface area contributed by atoms with E-state index in [2.05, 4.69) is 6.58 Å². The van der Waals surface area contributed by atoms with E-state index in [1.807, 2.05) is 0 Å². The number of hydrogen-bond donors (Lipinski definition) is 1. The van der Waals surface area contributed by atoms with Crippen molar-refractivity contribution >= 4 is 5.71 Å². The molecule has 0 bridgehead atoms. The van der Waals surface area contributed by atoms with Gasteiger partial charge in [-0.25, -0.2) is 0 Å². The lowest BCUT2D eigenvalue weighted by molar-refractivity contribution is -0.414. The first-order chi connectivity index (χ1) is 4.09. The highest BCUT2D eigenvalue weighted by molar-refractivity contribution is 5.94. The van der Waals surface area contributed by atoms with Crippen LogP contribution in [0.3, 0.4) is 0 Å². The fourth-order valence-electron chi connectivity index (χ4n) is 0.314. The van der Waals surface area contributed by atoms with Crippen molar-refractivity contribution in [3.05, 3.63) is 22.4 Å². The molecule has 0 rings (SSSR count). The van der Waals surface area contributed by atoms with Gasteiger partial charge in [0, 0.05) is 0 Å². The second-order valence-electron chi connectivity index (χ2n) is 1.54. The average Bonchev–Trinajstić information content (AvgIpc) is 1.84. The van der Waals surface area contributed by atoms with E-state index >= 15 is 0 Å². The molecule has 0 aromatic rings. The van der Waals surface area contributed by atoms with Gasteiger partial charge >= 0.3 is 0 Å². The van der Waals surface area contributed by atoms with Crippen molar-refractivity contribution < 1.29 is 4.92 Å². The molecule has 50 valence electrons. The predicted octanol–water partition coefficient (Wildman–Crippen LogP) is 1.21. The summed E-state index contributed by atoms with van der Waals surface area (Å²) in [5.74, 6) is 0. The van der Waals surface area contributed by atoms with E-state index in [1.54, 1.807) is 6.92 Å². The third kappa shape index (κ3) is 2.03. The summed E-state index contributed by atoms with van der Waals surface area (Å²) < 4.78 is 0. The molecule has 0 saturated heterocycles. The van der Waals surface area contributed by atoms with E-state index in [0.717, 1.165) is 0 Å². The number of nitrogens with zero attached hydrogens (tertiary/aromatic N) is 1. The first-order valence-electron chi connectivity index (χ1n) is 2.50. The van der Waals surface area contributed by atoms with Crippen molar-refractivity contribution in [2.45, 2.75) is 13.3 Å². The summed E-state index contributed by atoms with van der Waals surface area (Å²) in [6.07, 6.45) is 0.361. The molecule has 0 radical (unpaired) electrons. The maximum atomic E-state index is 9.86. The smallest absolute Gasteiger partial charge is 0.282 e. The minimum absolute atomic E-state index is 0.0139. The van der Waals surface area contributed by atoms with Crippen molar-refractivity contribution in [2.75, 3.05) is 0 Å². The highest BCUT2D eigenvalue weighted by atomic mass is 16.6.